The molecule has 0 aromatic rings. The Balaban J connectivity index is 2.74. The Kier molecular flexibility index (Phi) is 3.54. The van der Waals surface area contributed by atoms with Crippen LogP contribution in [0.1, 0.15) is 33.1 Å². The van der Waals surface area contributed by atoms with Gasteiger partial charge in [0.15, 0.2) is 0 Å². The van der Waals surface area contributed by atoms with E-state index >= 15 is 0 Å². The lowest BCUT2D eigenvalue weighted by Gasteiger charge is -2.19. The van der Waals surface area contributed by atoms with Crippen molar-refractivity contribution in [1.29, 1.82) is 0 Å². The molecule has 0 aromatic carbocycles. The van der Waals surface area contributed by atoms with Gasteiger partial charge < -0.3 is 5.73 Å². The van der Waals surface area contributed by atoms with Gasteiger partial charge in [-0.15, -0.1) is 0 Å². The monoisotopic (exact) mass is 165 g/mol. The van der Waals surface area contributed by atoms with Crippen LogP contribution in [-0.2, 0) is 0 Å². The molecular weight excluding hydrogens is 146 g/mol. The molecule has 2 N–H and O–H groups in total. The Morgan fingerprint density at radius 1 is 1.58 bits per heavy atom. The largest absolute Gasteiger partial charge is 0.324 e. The molecule has 12 heavy (non-hydrogen) atoms. The molecule has 2 atom stereocenters. The smallest absolute Gasteiger partial charge is 0.0230 e. The molecule has 0 fully saturated rings. The Hall–Kier alpha value is -0.560. The fraction of sp³-hybridized carbons (Fsp3) is 0.636. The van der Waals surface area contributed by atoms with Gasteiger partial charge in [-0.05, 0) is 32.1 Å². The Morgan fingerprint density at radius 3 is 3.00 bits per heavy atom. The molecule has 1 heteroatoms. The highest BCUT2D eigenvalue weighted by Gasteiger charge is 2.12. The van der Waals surface area contributed by atoms with E-state index in [4.69, 9.17) is 5.73 Å². The van der Waals surface area contributed by atoms with E-state index in [0.29, 0.717) is 5.92 Å². The SMILES string of the molecule is C[C@H](N)C1=CC=CCCC[C@@H]1C. The van der Waals surface area contributed by atoms with Crippen molar-refractivity contribution in [2.24, 2.45) is 11.7 Å². The van der Waals surface area contributed by atoms with E-state index in [1.165, 1.54) is 24.8 Å². The standard InChI is InChI=1S/C11H19N/c1-9-7-5-3-4-6-8-11(9)10(2)12/h4,6,8-10H,3,5,7,12H2,1-2H3/t9-,10-/m0/s1. The Labute approximate surface area is 75.3 Å². The van der Waals surface area contributed by atoms with Gasteiger partial charge in [-0.3, -0.25) is 0 Å². The van der Waals surface area contributed by atoms with Crippen LogP contribution in [0.2, 0.25) is 0 Å². The van der Waals surface area contributed by atoms with Gasteiger partial charge in [0.05, 0.1) is 0 Å². The molecule has 0 aromatic heterocycles. The minimum Gasteiger partial charge on any atom is -0.324 e. The Bertz CT molecular complexity index is 189. The fourth-order valence-corrected chi connectivity index (χ4v) is 1.75. The van der Waals surface area contributed by atoms with E-state index in [1.54, 1.807) is 0 Å². The van der Waals surface area contributed by atoms with Crippen LogP contribution in [0.25, 0.3) is 0 Å². The lowest BCUT2D eigenvalue weighted by molar-refractivity contribution is 0.547. The second-order valence-corrected chi connectivity index (χ2v) is 3.72. The normalized spacial score (nSPS) is 27.2. The molecule has 0 amide bonds. The van der Waals surface area contributed by atoms with Crippen molar-refractivity contribution in [1.82, 2.24) is 0 Å². The molecule has 0 radical (unpaired) electrons. The van der Waals surface area contributed by atoms with E-state index in [9.17, 15) is 0 Å². The van der Waals surface area contributed by atoms with Crippen LogP contribution >= 0.6 is 0 Å². The quantitative estimate of drug-likeness (QED) is 0.635. The summed E-state index contributed by atoms with van der Waals surface area (Å²) < 4.78 is 0. The molecule has 1 aliphatic rings. The van der Waals surface area contributed by atoms with Crippen molar-refractivity contribution >= 4 is 0 Å². The molecule has 0 spiro atoms. The van der Waals surface area contributed by atoms with E-state index in [2.05, 4.69) is 32.1 Å². The summed E-state index contributed by atoms with van der Waals surface area (Å²) in [6, 6.07) is 0.211. The number of allylic oxidation sites excluding steroid dienone is 3. The van der Waals surface area contributed by atoms with E-state index in [1.807, 2.05) is 0 Å². The highest BCUT2D eigenvalue weighted by Crippen LogP contribution is 2.21. The first-order valence-corrected chi connectivity index (χ1v) is 4.84. The first-order chi connectivity index (χ1) is 5.72. The van der Waals surface area contributed by atoms with Crippen molar-refractivity contribution in [3.63, 3.8) is 0 Å². The maximum absolute atomic E-state index is 5.88. The zero-order valence-corrected chi connectivity index (χ0v) is 8.09. The van der Waals surface area contributed by atoms with Gasteiger partial charge in [-0.2, -0.15) is 0 Å². The van der Waals surface area contributed by atoms with Crippen LogP contribution in [0, 0.1) is 5.92 Å². The van der Waals surface area contributed by atoms with Crippen LogP contribution in [0.4, 0.5) is 0 Å². The van der Waals surface area contributed by atoms with Crippen LogP contribution in [0.5, 0.6) is 0 Å². The van der Waals surface area contributed by atoms with Crippen LogP contribution in [0.15, 0.2) is 23.8 Å². The van der Waals surface area contributed by atoms with Crippen molar-refractivity contribution in [3.8, 4) is 0 Å². The zero-order chi connectivity index (χ0) is 8.97. The first-order valence-electron chi connectivity index (χ1n) is 4.84. The van der Waals surface area contributed by atoms with Crippen molar-refractivity contribution in [3.05, 3.63) is 23.8 Å². The molecule has 0 heterocycles. The number of nitrogens with two attached hydrogens (primary N) is 1. The lowest BCUT2D eigenvalue weighted by Crippen LogP contribution is -2.22. The summed E-state index contributed by atoms with van der Waals surface area (Å²) in [5.74, 6) is 0.662. The van der Waals surface area contributed by atoms with Crippen LogP contribution in [0.3, 0.4) is 0 Å². The van der Waals surface area contributed by atoms with Gasteiger partial charge >= 0.3 is 0 Å². The highest BCUT2D eigenvalue weighted by atomic mass is 14.6. The molecule has 68 valence electrons. The molecule has 0 unspecified atom stereocenters. The summed E-state index contributed by atoms with van der Waals surface area (Å²) in [7, 11) is 0. The molecule has 1 rings (SSSR count). The number of hydrogen-bond acceptors (Lipinski definition) is 1. The van der Waals surface area contributed by atoms with Crippen molar-refractivity contribution < 1.29 is 0 Å². The summed E-state index contributed by atoms with van der Waals surface area (Å²) in [5.41, 5.74) is 7.27. The van der Waals surface area contributed by atoms with Gasteiger partial charge in [-0.25, -0.2) is 0 Å². The van der Waals surface area contributed by atoms with Gasteiger partial charge in [0.1, 0.15) is 0 Å². The van der Waals surface area contributed by atoms with Crippen LogP contribution < -0.4 is 5.73 Å². The maximum Gasteiger partial charge on any atom is 0.0230 e. The van der Waals surface area contributed by atoms with Gasteiger partial charge in [-0.1, -0.05) is 30.7 Å². The average Bonchev–Trinajstić information content (AvgIpc) is 1.96. The summed E-state index contributed by atoms with van der Waals surface area (Å²) in [4.78, 5) is 0. The second kappa shape index (κ2) is 4.46. The van der Waals surface area contributed by atoms with E-state index < -0.39 is 0 Å². The zero-order valence-electron chi connectivity index (χ0n) is 8.09. The number of rotatable bonds is 1. The Morgan fingerprint density at radius 2 is 2.33 bits per heavy atom. The van der Waals surface area contributed by atoms with Crippen molar-refractivity contribution in [2.45, 2.75) is 39.2 Å². The average molecular weight is 165 g/mol. The third-order valence-electron chi connectivity index (χ3n) is 2.53. The topological polar surface area (TPSA) is 26.0 Å². The summed E-state index contributed by atoms with van der Waals surface area (Å²) >= 11 is 0. The second-order valence-electron chi connectivity index (χ2n) is 3.72. The third kappa shape index (κ3) is 2.49. The first kappa shape index (κ1) is 9.53. The lowest BCUT2D eigenvalue weighted by atomic mass is 9.89. The molecule has 1 aliphatic carbocycles. The van der Waals surface area contributed by atoms with Crippen molar-refractivity contribution in [2.75, 3.05) is 0 Å². The summed E-state index contributed by atoms with van der Waals surface area (Å²) in [6.07, 6.45) is 10.4. The van der Waals surface area contributed by atoms with Gasteiger partial charge in [0.25, 0.3) is 0 Å². The molecule has 0 aliphatic heterocycles. The third-order valence-corrected chi connectivity index (χ3v) is 2.53. The predicted molar refractivity (Wildman–Crippen MR) is 53.9 cm³/mol. The molecule has 0 saturated heterocycles. The molecule has 0 bridgehead atoms. The summed E-state index contributed by atoms with van der Waals surface area (Å²) in [6.45, 7) is 4.34. The van der Waals surface area contributed by atoms with E-state index in [0.717, 1.165) is 0 Å². The van der Waals surface area contributed by atoms with Gasteiger partial charge in [0.2, 0.25) is 0 Å². The summed E-state index contributed by atoms with van der Waals surface area (Å²) in [5, 5.41) is 0. The predicted octanol–water partition coefficient (Wildman–Crippen LogP) is 2.64. The minimum atomic E-state index is 0.211. The van der Waals surface area contributed by atoms with E-state index in [-0.39, 0.29) is 6.04 Å². The molecular formula is C11H19N. The van der Waals surface area contributed by atoms with Gasteiger partial charge in [0, 0.05) is 6.04 Å². The highest BCUT2D eigenvalue weighted by molar-refractivity contribution is 5.20. The minimum absolute atomic E-state index is 0.211. The molecule has 1 nitrogen and oxygen atoms in total. The fourth-order valence-electron chi connectivity index (χ4n) is 1.75. The number of hydrogen-bond donors (Lipinski definition) is 1. The maximum atomic E-state index is 5.88. The molecule has 0 saturated carbocycles. The van der Waals surface area contributed by atoms with Crippen LogP contribution in [-0.4, -0.2) is 6.04 Å².